The number of thiol groups is 1. The molecule has 2 unspecified atom stereocenters. The summed E-state index contributed by atoms with van der Waals surface area (Å²) in [7, 11) is -5.16. The first-order valence-corrected chi connectivity index (χ1v) is 17.6. The second-order valence-electron chi connectivity index (χ2n) is 10.5. The molecule has 24 heteroatoms. The van der Waals surface area contributed by atoms with Gasteiger partial charge in [-0.1, -0.05) is 12.2 Å². The van der Waals surface area contributed by atoms with Gasteiger partial charge in [0.2, 0.25) is 0 Å². The van der Waals surface area contributed by atoms with Crippen LogP contribution in [0.3, 0.4) is 0 Å². The van der Waals surface area contributed by atoms with E-state index in [-0.39, 0.29) is 29.0 Å². The smallest absolute Gasteiger partial charge is 0.387 e. The van der Waals surface area contributed by atoms with E-state index in [1.807, 2.05) is 0 Å². The highest BCUT2D eigenvalue weighted by molar-refractivity contribution is 8.44. The highest BCUT2D eigenvalue weighted by Gasteiger charge is 2.53. The third-order valence-electron chi connectivity index (χ3n) is 7.65. The van der Waals surface area contributed by atoms with Crippen LogP contribution in [0.5, 0.6) is 0 Å². The normalized spacial score (nSPS) is 37.4. The lowest BCUT2D eigenvalue weighted by Crippen LogP contribution is -2.36. The molecule has 0 aromatic carbocycles. The molecule has 3 fully saturated rings. The summed E-state index contributed by atoms with van der Waals surface area (Å²) < 4.78 is 92.3. The maximum atomic E-state index is 16.0. The molecular formula is C22H24F2N8O11P2S. The van der Waals surface area contributed by atoms with Crippen LogP contribution >= 0.6 is 26.9 Å². The van der Waals surface area contributed by atoms with E-state index in [4.69, 9.17) is 33.3 Å². The number of imidazole rings is 1. The Kier molecular flexibility index (Phi) is 8.04. The molecule has 5 N–H and O–H groups in total. The van der Waals surface area contributed by atoms with Gasteiger partial charge >= 0.3 is 14.6 Å². The first-order chi connectivity index (χ1) is 21.8. The van der Waals surface area contributed by atoms with E-state index in [1.165, 1.54) is 10.9 Å². The Morgan fingerprint density at radius 2 is 1.83 bits per heavy atom. The van der Waals surface area contributed by atoms with E-state index >= 15 is 4.39 Å². The van der Waals surface area contributed by atoms with Crippen molar-refractivity contribution >= 4 is 54.9 Å². The summed E-state index contributed by atoms with van der Waals surface area (Å²) in [6.07, 6.45) is -9.04. The van der Waals surface area contributed by atoms with Crippen molar-refractivity contribution in [3.05, 3.63) is 41.3 Å². The van der Waals surface area contributed by atoms with Crippen LogP contribution in [0.2, 0.25) is 0 Å². The molecule has 4 aromatic rings. The maximum absolute atomic E-state index is 16.0. The Balaban J connectivity index is 1.21. The highest BCUT2D eigenvalue weighted by atomic mass is 32.7. The molecular weight excluding hydrogens is 684 g/mol. The summed E-state index contributed by atoms with van der Waals surface area (Å²) in [5.41, 5.74) is 5.04. The van der Waals surface area contributed by atoms with E-state index < -0.39 is 93.7 Å². The average Bonchev–Trinajstić information content (AvgIpc) is 3.73. The monoisotopic (exact) mass is 708 g/mol. The number of aromatic amines is 1. The molecule has 0 spiro atoms. The maximum Gasteiger partial charge on any atom is 0.472 e. The lowest BCUT2D eigenvalue weighted by molar-refractivity contribution is -0.0551. The van der Waals surface area contributed by atoms with Crippen LogP contribution in [-0.4, -0.2) is 94.0 Å². The summed E-state index contributed by atoms with van der Waals surface area (Å²) in [5.74, 6) is -0.978. The van der Waals surface area contributed by atoms with Crippen LogP contribution in [0, 0.1) is 5.82 Å². The molecule has 2 bridgehead atoms. The number of hydrogen-bond acceptors (Lipinski definition) is 15. The van der Waals surface area contributed by atoms with Gasteiger partial charge in [-0.15, -0.1) is 0 Å². The summed E-state index contributed by atoms with van der Waals surface area (Å²) in [5, 5.41) is 10.6. The van der Waals surface area contributed by atoms with Gasteiger partial charge in [-0.25, -0.2) is 37.8 Å². The molecule has 0 amide bonds. The predicted molar refractivity (Wildman–Crippen MR) is 151 cm³/mol. The molecule has 4 aromatic heterocycles. The van der Waals surface area contributed by atoms with Crippen molar-refractivity contribution < 1.29 is 55.5 Å². The van der Waals surface area contributed by atoms with Crippen LogP contribution in [0.25, 0.3) is 22.2 Å². The Morgan fingerprint density at radius 3 is 2.63 bits per heavy atom. The average molecular weight is 708 g/mol. The molecule has 3 aliphatic rings. The number of phosphoric acid groups is 1. The van der Waals surface area contributed by atoms with Gasteiger partial charge in [0.25, 0.3) is 5.56 Å². The van der Waals surface area contributed by atoms with Gasteiger partial charge in [0.15, 0.2) is 41.6 Å². The fraction of sp³-hybridized carbons (Fsp3) is 0.500. The standard InChI is InChI=1S/C22H24F2N8O11P2S/c23-8-3-31(18-11(8)20(34)29-6-27-18)22-16-14(33)9(40-22)1-2-38-45(37,46)43-15-10(4-39-44(35,36)42-16)41-21(12(15)24)32-7-30-13-17(25)26-5-28-19(13)32/h3,5-7,9-10,12,14-16,21-22,33H,1-2,4H2,(H,35,36)(H,37,46)(H2,25,26,28)(H,27,29,34)/t9-,10-,12-,14-,15-,16-,21-,22-,45?/m1/s1. The number of alkyl halides is 1. The highest BCUT2D eigenvalue weighted by Crippen LogP contribution is 2.58. The SMILES string of the molecule is Nc1ncnc2c1ncn2[C@@H]1O[C@@H]2COP(=O)(O)O[C@@H]3[C@H](O)[C@@H](CCOP(=O)(S)O[C@H]2[C@H]1F)O[C@H]3n1cc(F)c2c(=O)[nH]cnc21. The van der Waals surface area contributed by atoms with Gasteiger partial charge in [0, 0.05) is 12.6 Å². The topological polar surface area (TPSA) is 250 Å². The predicted octanol–water partition coefficient (Wildman–Crippen LogP) is 1.13. The number of fused-ring (bicyclic) bond motifs is 5. The van der Waals surface area contributed by atoms with Crippen molar-refractivity contribution in [2.24, 2.45) is 0 Å². The number of aliphatic hydroxyl groups excluding tert-OH is 1. The number of aliphatic hydroxyl groups is 1. The number of anilines is 1. The van der Waals surface area contributed by atoms with E-state index in [1.54, 1.807) is 0 Å². The van der Waals surface area contributed by atoms with E-state index in [0.29, 0.717) is 0 Å². The van der Waals surface area contributed by atoms with Crippen molar-refractivity contribution in [2.75, 3.05) is 18.9 Å². The Hall–Kier alpha value is -2.88. The number of halogens is 2. The van der Waals surface area contributed by atoms with Crippen LogP contribution in [-0.2, 0) is 36.7 Å². The van der Waals surface area contributed by atoms with Gasteiger partial charge in [-0.3, -0.25) is 22.9 Å². The Morgan fingerprint density at radius 1 is 1.04 bits per heavy atom. The molecule has 46 heavy (non-hydrogen) atoms. The molecule has 0 aliphatic carbocycles. The van der Waals surface area contributed by atoms with Gasteiger partial charge in [0.1, 0.15) is 41.6 Å². The Bertz CT molecular complexity index is 1970. The lowest BCUT2D eigenvalue weighted by atomic mass is 10.1. The van der Waals surface area contributed by atoms with Crippen LogP contribution < -0.4 is 11.3 Å². The number of nitrogens with zero attached hydrogens (tertiary/aromatic N) is 6. The third-order valence-corrected chi connectivity index (χ3v) is 10.3. The minimum absolute atomic E-state index is 0.0130. The zero-order valence-electron chi connectivity index (χ0n) is 23.0. The van der Waals surface area contributed by atoms with Gasteiger partial charge in [-0.2, -0.15) is 0 Å². The molecule has 0 radical (unpaired) electrons. The second-order valence-corrected chi connectivity index (χ2v) is 14.7. The first-order valence-electron chi connectivity index (χ1n) is 13.4. The molecule has 19 nitrogen and oxygen atoms in total. The fourth-order valence-corrected chi connectivity index (χ4v) is 8.05. The van der Waals surface area contributed by atoms with Crippen LogP contribution in [0.15, 0.2) is 30.0 Å². The number of aromatic nitrogens is 7. The van der Waals surface area contributed by atoms with Gasteiger partial charge < -0.3 is 39.3 Å². The molecule has 3 saturated heterocycles. The summed E-state index contributed by atoms with van der Waals surface area (Å²) in [6, 6.07) is 0. The minimum Gasteiger partial charge on any atom is -0.387 e. The second kappa shape index (κ2) is 11.7. The summed E-state index contributed by atoms with van der Waals surface area (Å²) >= 11 is 3.95. The number of ether oxygens (including phenoxy) is 2. The quantitative estimate of drug-likeness (QED) is 0.145. The first kappa shape index (κ1) is 31.7. The number of H-pyrrole nitrogens is 1. The van der Waals surface area contributed by atoms with Crippen molar-refractivity contribution in [1.82, 2.24) is 34.1 Å². The fourth-order valence-electron chi connectivity index (χ4n) is 5.59. The van der Waals surface area contributed by atoms with Crippen molar-refractivity contribution in [2.45, 2.75) is 55.6 Å². The molecule has 248 valence electrons. The number of rotatable bonds is 2. The zero-order chi connectivity index (χ0) is 32.5. The largest absolute Gasteiger partial charge is 0.472 e. The van der Waals surface area contributed by atoms with Crippen molar-refractivity contribution in [3.8, 4) is 0 Å². The molecule has 0 saturated carbocycles. The number of phosphoric ester groups is 1. The van der Waals surface area contributed by atoms with Crippen molar-refractivity contribution in [3.63, 3.8) is 0 Å². The number of nitrogen functional groups attached to an aromatic ring is 1. The molecule has 7 rings (SSSR count). The zero-order valence-corrected chi connectivity index (χ0v) is 25.7. The molecule has 3 aliphatic heterocycles. The number of hydrogen-bond donors (Lipinski definition) is 5. The summed E-state index contributed by atoms with van der Waals surface area (Å²) in [4.78, 5) is 41.1. The minimum atomic E-state index is -5.16. The van der Waals surface area contributed by atoms with Crippen LogP contribution in [0.1, 0.15) is 18.9 Å². The Labute approximate surface area is 260 Å². The number of nitrogens with one attached hydrogen (secondary N) is 1. The summed E-state index contributed by atoms with van der Waals surface area (Å²) in [6.45, 7) is -5.68. The molecule has 10 atom stereocenters. The van der Waals surface area contributed by atoms with E-state index in [9.17, 15) is 28.3 Å². The van der Waals surface area contributed by atoms with Gasteiger partial charge in [-0.05, 0) is 0 Å². The number of nitrogens with two attached hydrogens (primary N) is 1. The third kappa shape index (κ3) is 5.56. The van der Waals surface area contributed by atoms with Crippen molar-refractivity contribution in [1.29, 1.82) is 0 Å². The van der Waals surface area contributed by atoms with E-state index in [0.717, 1.165) is 23.4 Å². The van der Waals surface area contributed by atoms with Crippen LogP contribution in [0.4, 0.5) is 14.6 Å². The lowest BCUT2D eigenvalue weighted by Gasteiger charge is -2.26. The molecule has 7 heterocycles. The van der Waals surface area contributed by atoms with E-state index in [2.05, 4.69) is 37.2 Å². The van der Waals surface area contributed by atoms with Gasteiger partial charge in [0.05, 0.1) is 32.0 Å².